The molecule has 5 nitrogen and oxygen atoms in total. The fraction of sp³-hybridized carbons (Fsp3) is 0.688. The Morgan fingerprint density at radius 2 is 0.524 bits per heavy atom. The summed E-state index contributed by atoms with van der Waals surface area (Å²) in [5, 5.41) is 9.70. The Kier molecular flexibility index (Phi) is 67.9. The summed E-state index contributed by atoms with van der Waals surface area (Å²) in [6, 6.07) is 0. The van der Waals surface area contributed by atoms with E-state index in [-0.39, 0.29) is 25.2 Å². The highest BCUT2D eigenvalue weighted by molar-refractivity contribution is 5.70. The van der Waals surface area contributed by atoms with Gasteiger partial charge in [-0.1, -0.05) is 327 Å². The maximum atomic E-state index is 12.4. The van der Waals surface area contributed by atoms with Crippen molar-refractivity contribution < 1.29 is 24.2 Å². The van der Waals surface area contributed by atoms with Crippen LogP contribution in [0.15, 0.2) is 134 Å². The molecule has 82 heavy (non-hydrogen) atoms. The first-order valence-corrected chi connectivity index (χ1v) is 34.7. The summed E-state index contributed by atoms with van der Waals surface area (Å²) < 4.78 is 10.7. The first kappa shape index (κ1) is 78.0. The zero-order chi connectivity index (χ0) is 59.1. The molecule has 0 amide bonds. The molecule has 0 aliphatic rings. The van der Waals surface area contributed by atoms with E-state index in [0.717, 1.165) is 109 Å². The van der Waals surface area contributed by atoms with Gasteiger partial charge in [0.05, 0.1) is 6.61 Å². The van der Waals surface area contributed by atoms with Crippen LogP contribution in [0.25, 0.3) is 0 Å². The van der Waals surface area contributed by atoms with Crippen LogP contribution in [0.3, 0.4) is 0 Å². The normalized spacial score (nSPS) is 13.1. The van der Waals surface area contributed by atoms with Gasteiger partial charge in [0.25, 0.3) is 0 Å². The Morgan fingerprint density at radius 1 is 0.293 bits per heavy atom. The monoisotopic (exact) mass is 1130 g/mol. The Bertz CT molecular complexity index is 1670. The lowest BCUT2D eigenvalue weighted by molar-refractivity contribution is -0.161. The number of allylic oxidation sites excluding steroid dienone is 22. The van der Waals surface area contributed by atoms with Gasteiger partial charge in [0.1, 0.15) is 6.61 Å². The number of carbonyl (C=O) groups is 2. The van der Waals surface area contributed by atoms with Crippen LogP contribution in [0.5, 0.6) is 0 Å². The summed E-state index contributed by atoms with van der Waals surface area (Å²) in [5.74, 6) is -0.599. The van der Waals surface area contributed by atoms with Crippen molar-refractivity contribution in [2.45, 2.75) is 328 Å². The van der Waals surface area contributed by atoms with Crippen molar-refractivity contribution in [1.29, 1.82) is 0 Å². The van der Waals surface area contributed by atoms with Crippen molar-refractivity contribution in [1.82, 2.24) is 0 Å². The second-order valence-corrected chi connectivity index (χ2v) is 22.9. The summed E-state index contributed by atoms with van der Waals surface area (Å²) in [7, 11) is 0. The molecule has 0 aromatic carbocycles. The van der Waals surface area contributed by atoms with Gasteiger partial charge >= 0.3 is 11.9 Å². The van der Waals surface area contributed by atoms with Crippen LogP contribution in [-0.4, -0.2) is 36.4 Å². The summed E-state index contributed by atoms with van der Waals surface area (Å²) in [4.78, 5) is 24.7. The van der Waals surface area contributed by atoms with Crippen molar-refractivity contribution in [2.24, 2.45) is 0 Å². The molecule has 0 rings (SSSR count). The molecule has 0 radical (unpaired) electrons. The van der Waals surface area contributed by atoms with Crippen LogP contribution in [0, 0.1) is 0 Å². The molecular weight excluding hydrogens is 1000 g/mol. The smallest absolute Gasteiger partial charge is 0.306 e. The summed E-state index contributed by atoms with van der Waals surface area (Å²) in [5.41, 5.74) is 0. The van der Waals surface area contributed by atoms with Crippen molar-refractivity contribution in [3.63, 3.8) is 0 Å². The lowest BCUT2D eigenvalue weighted by Crippen LogP contribution is -2.28. The Morgan fingerprint density at radius 3 is 0.793 bits per heavy atom. The SMILES string of the molecule is CC/C=C\C/C=C\C/C=C\C/C=C\C/C=C\C/C=C\C/C=C\C/C=C\C/C=C\CCCCCCCCCC(=O)OC(CO)COC(=O)CCCCCCCCCCCCCCCCCCCCCCC/C=C\C/C=C\CCCCCCC. The van der Waals surface area contributed by atoms with Gasteiger partial charge in [-0.3, -0.25) is 9.59 Å². The highest BCUT2D eigenvalue weighted by Gasteiger charge is 2.16. The average Bonchev–Trinajstić information content (AvgIpc) is 3.49. The number of hydrogen-bond acceptors (Lipinski definition) is 5. The third-order valence-electron chi connectivity index (χ3n) is 14.9. The van der Waals surface area contributed by atoms with Crippen molar-refractivity contribution in [2.75, 3.05) is 13.2 Å². The van der Waals surface area contributed by atoms with Crippen molar-refractivity contribution in [3.05, 3.63) is 134 Å². The number of carbonyl (C=O) groups excluding carboxylic acids is 2. The molecule has 0 aromatic rings. The predicted molar refractivity (Wildman–Crippen MR) is 361 cm³/mol. The maximum absolute atomic E-state index is 12.4. The molecule has 1 unspecified atom stereocenters. The molecule has 0 bridgehead atoms. The first-order valence-electron chi connectivity index (χ1n) is 34.7. The van der Waals surface area contributed by atoms with Crippen molar-refractivity contribution >= 4 is 11.9 Å². The van der Waals surface area contributed by atoms with E-state index in [1.165, 1.54) is 186 Å². The van der Waals surface area contributed by atoms with Gasteiger partial charge in [-0.25, -0.2) is 0 Å². The summed E-state index contributed by atoms with van der Waals surface area (Å²) in [6.45, 7) is 4.03. The third-order valence-corrected chi connectivity index (χ3v) is 14.9. The van der Waals surface area contributed by atoms with Crippen LogP contribution in [0.1, 0.15) is 322 Å². The minimum absolute atomic E-state index is 0.0748. The molecular formula is C77H130O5. The molecule has 0 fully saturated rings. The van der Waals surface area contributed by atoms with Gasteiger partial charge in [0.15, 0.2) is 6.10 Å². The number of hydrogen-bond donors (Lipinski definition) is 1. The molecule has 0 aliphatic heterocycles. The first-order chi connectivity index (χ1) is 40.6. The Hall–Kier alpha value is -3.96. The lowest BCUT2D eigenvalue weighted by Gasteiger charge is -2.15. The maximum Gasteiger partial charge on any atom is 0.306 e. The fourth-order valence-electron chi connectivity index (χ4n) is 9.76. The molecule has 468 valence electrons. The minimum Gasteiger partial charge on any atom is -0.462 e. The molecule has 0 heterocycles. The van der Waals surface area contributed by atoms with Crippen LogP contribution in [0.2, 0.25) is 0 Å². The van der Waals surface area contributed by atoms with Crippen LogP contribution in [-0.2, 0) is 19.1 Å². The molecule has 1 atom stereocenters. The zero-order valence-corrected chi connectivity index (χ0v) is 53.7. The van der Waals surface area contributed by atoms with E-state index >= 15 is 0 Å². The molecule has 0 saturated heterocycles. The summed E-state index contributed by atoms with van der Waals surface area (Å²) >= 11 is 0. The zero-order valence-electron chi connectivity index (χ0n) is 53.7. The largest absolute Gasteiger partial charge is 0.462 e. The molecule has 0 aliphatic carbocycles. The van der Waals surface area contributed by atoms with Crippen LogP contribution >= 0.6 is 0 Å². The van der Waals surface area contributed by atoms with Crippen LogP contribution in [0.4, 0.5) is 0 Å². The molecule has 0 aromatic heterocycles. The van der Waals surface area contributed by atoms with E-state index in [1.54, 1.807) is 0 Å². The van der Waals surface area contributed by atoms with Crippen molar-refractivity contribution in [3.8, 4) is 0 Å². The molecule has 0 saturated carbocycles. The van der Waals surface area contributed by atoms with Gasteiger partial charge in [-0.15, -0.1) is 0 Å². The van der Waals surface area contributed by atoms with Gasteiger partial charge < -0.3 is 14.6 Å². The van der Waals surface area contributed by atoms with Gasteiger partial charge in [0.2, 0.25) is 0 Å². The fourth-order valence-corrected chi connectivity index (χ4v) is 9.76. The second-order valence-electron chi connectivity index (χ2n) is 22.9. The summed E-state index contributed by atoms with van der Waals surface area (Å²) in [6.07, 6.45) is 106. The van der Waals surface area contributed by atoms with Gasteiger partial charge in [-0.2, -0.15) is 0 Å². The third kappa shape index (κ3) is 68.5. The average molecular weight is 1140 g/mol. The number of aliphatic hydroxyl groups excluding tert-OH is 1. The molecule has 5 heteroatoms. The quantitative estimate of drug-likeness (QED) is 0.0373. The van der Waals surface area contributed by atoms with E-state index in [0.29, 0.717) is 12.8 Å². The second kappa shape index (κ2) is 71.3. The van der Waals surface area contributed by atoms with E-state index in [4.69, 9.17) is 9.47 Å². The molecule has 0 spiro atoms. The highest BCUT2D eigenvalue weighted by atomic mass is 16.6. The van der Waals surface area contributed by atoms with E-state index < -0.39 is 6.10 Å². The minimum atomic E-state index is -0.788. The van der Waals surface area contributed by atoms with Gasteiger partial charge in [-0.05, 0) is 116 Å². The van der Waals surface area contributed by atoms with E-state index in [2.05, 4.69) is 148 Å². The topological polar surface area (TPSA) is 72.8 Å². The Labute approximate surface area is 508 Å². The standard InChI is InChI=1S/C77H130O5/c1-3-5-7-9-11-13-15-17-19-21-23-25-27-29-31-33-35-37-38-40-42-44-46-48-50-52-54-56-58-60-62-64-66-68-70-72-77(80)82-75(73-78)74-81-76(79)71-69-67-65-63-61-59-57-55-53-51-49-47-45-43-41-39-36-34-32-30-28-26-24-22-20-18-16-14-12-10-8-6-4-2/h5,7,11,13,16-19,22-25,29,31,35,37,40,42,46,48,52,54,75,78H,3-4,6,8-10,12,14-15,20-21,26-28,30,32-34,36,38-39,41,43-45,47,49-51,53,55-74H2,1-2H3/b7-5-,13-11-,18-16-,19-17-,24-22-,25-23-,31-29-,37-35-,42-40-,48-46-,54-52-. The van der Waals surface area contributed by atoms with Crippen LogP contribution < -0.4 is 0 Å². The Balaban J connectivity index is 3.52. The predicted octanol–water partition coefficient (Wildman–Crippen LogP) is 24.3. The lowest BCUT2D eigenvalue weighted by atomic mass is 10.0. The number of esters is 2. The molecule has 1 N–H and O–H groups in total. The highest BCUT2D eigenvalue weighted by Crippen LogP contribution is 2.17. The number of aliphatic hydroxyl groups is 1. The number of rotatable bonds is 63. The van der Waals surface area contributed by atoms with E-state index in [9.17, 15) is 14.7 Å². The van der Waals surface area contributed by atoms with Gasteiger partial charge in [0, 0.05) is 12.8 Å². The number of ether oxygens (including phenoxy) is 2. The number of unbranched alkanes of at least 4 members (excludes halogenated alkanes) is 33. The van der Waals surface area contributed by atoms with E-state index in [1.807, 2.05) is 0 Å².